The zero-order chi connectivity index (χ0) is 16.1. The molecule has 0 saturated carbocycles. The lowest BCUT2D eigenvalue weighted by Gasteiger charge is -2.16. The van der Waals surface area contributed by atoms with Crippen molar-refractivity contribution in [1.29, 1.82) is 0 Å². The third-order valence-electron chi connectivity index (χ3n) is 3.03. The number of benzene rings is 1. The highest BCUT2D eigenvalue weighted by Gasteiger charge is 2.09. The second-order valence-electron chi connectivity index (χ2n) is 5.28. The quantitative estimate of drug-likeness (QED) is 0.746. The van der Waals surface area contributed by atoms with Gasteiger partial charge in [-0.3, -0.25) is 5.10 Å². The molecule has 1 aromatic carbocycles. The van der Waals surface area contributed by atoms with E-state index in [1.807, 2.05) is 32.0 Å². The number of nitrogens with zero attached hydrogens (tertiary/aromatic N) is 2. The third-order valence-corrected chi connectivity index (χ3v) is 3.54. The van der Waals surface area contributed by atoms with Crippen LogP contribution in [0.25, 0.3) is 0 Å². The molecule has 0 bridgehead atoms. The first-order valence-electron chi connectivity index (χ1n) is 7.36. The van der Waals surface area contributed by atoms with Gasteiger partial charge in [0, 0.05) is 17.0 Å². The van der Waals surface area contributed by atoms with Crippen LogP contribution in [0, 0.1) is 4.77 Å². The Morgan fingerprint density at radius 3 is 2.91 bits per heavy atom. The first-order valence-corrected chi connectivity index (χ1v) is 8.15. The maximum absolute atomic E-state index is 6.10. The highest BCUT2D eigenvalue weighted by molar-refractivity contribution is 7.71. The summed E-state index contributed by atoms with van der Waals surface area (Å²) in [5.74, 6) is 1.71. The molecule has 5 nitrogen and oxygen atoms in total. The van der Waals surface area contributed by atoms with Crippen molar-refractivity contribution >= 4 is 23.8 Å². The average molecular weight is 341 g/mol. The van der Waals surface area contributed by atoms with Crippen molar-refractivity contribution in [1.82, 2.24) is 14.9 Å². The minimum absolute atomic E-state index is 0.103. The van der Waals surface area contributed by atoms with Crippen LogP contribution < -0.4 is 10.2 Å². The van der Waals surface area contributed by atoms with E-state index in [0.717, 1.165) is 30.0 Å². The molecule has 0 aliphatic carbocycles. The molecule has 0 fully saturated rings. The predicted octanol–water partition coefficient (Wildman–Crippen LogP) is 4.08. The van der Waals surface area contributed by atoms with E-state index in [9.17, 15) is 0 Å². The number of rotatable bonds is 7. The first kappa shape index (κ1) is 16.8. The van der Waals surface area contributed by atoms with Gasteiger partial charge in [-0.15, -0.1) is 0 Å². The fraction of sp³-hybridized carbons (Fsp3) is 0.467. The first-order chi connectivity index (χ1) is 10.5. The Kier molecular flexibility index (Phi) is 5.85. The van der Waals surface area contributed by atoms with E-state index in [2.05, 4.69) is 22.5 Å². The van der Waals surface area contributed by atoms with Gasteiger partial charge >= 0.3 is 0 Å². The van der Waals surface area contributed by atoms with Crippen molar-refractivity contribution < 1.29 is 4.74 Å². The molecule has 2 rings (SSSR count). The van der Waals surface area contributed by atoms with Crippen LogP contribution in [0.2, 0.25) is 5.02 Å². The smallest absolute Gasteiger partial charge is 0.214 e. The molecule has 1 heterocycles. The van der Waals surface area contributed by atoms with Crippen LogP contribution in [0.15, 0.2) is 18.2 Å². The highest BCUT2D eigenvalue weighted by Crippen LogP contribution is 2.24. The molecule has 0 atom stereocenters. The second-order valence-corrected chi connectivity index (χ2v) is 6.11. The summed E-state index contributed by atoms with van der Waals surface area (Å²) in [7, 11) is 0. The van der Waals surface area contributed by atoms with Crippen LogP contribution in [0.4, 0.5) is 0 Å². The molecular weight excluding hydrogens is 320 g/mol. The molecule has 0 aliphatic rings. The lowest BCUT2D eigenvalue weighted by molar-refractivity contribution is 0.240. The van der Waals surface area contributed by atoms with Gasteiger partial charge in [-0.1, -0.05) is 18.5 Å². The van der Waals surface area contributed by atoms with Crippen LogP contribution in [0.1, 0.15) is 38.6 Å². The number of aryl methyl sites for hydroxylation is 1. The summed E-state index contributed by atoms with van der Waals surface area (Å²) < 4.78 is 8.18. The fourth-order valence-electron chi connectivity index (χ4n) is 2.10. The minimum Gasteiger partial charge on any atom is -0.491 e. The van der Waals surface area contributed by atoms with Gasteiger partial charge in [0.05, 0.1) is 12.6 Å². The number of hydrogen-bond acceptors (Lipinski definition) is 4. The van der Waals surface area contributed by atoms with Gasteiger partial charge in [0.15, 0.2) is 5.82 Å². The second kappa shape index (κ2) is 7.65. The van der Waals surface area contributed by atoms with E-state index in [0.29, 0.717) is 16.3 Å². The van der Waals surface area contributed by atoms with E-state index in [1.54, 1.807) is 4.68 Å². The molecule has 0 amide bonds. The Hall–Kier alpha value is -1.53. The summed E-state index contributed by atoms with van der Waals surface area (Å²) in [6, 6.07) is 5.62. The number of nitrogens with one attached hydrogen (secondary N) is 2. The lowest BCUT2D eigenvalue weighted by atomic mass is 10.2. The number of H-pyrrole nitrogens is 1. The number of aromatic nitrogens is 3. The molecule has 1 aromatic heterocycles. The third kappa shape index (κ3) is 4.24. The molecule has 0 saturated heterocycles. The van der Waals surface area contributed by atoms with Crippen LogP contribution in [0.3, 0.4) is 0 Å². The van der Waals surface area contributed by atoms with Crippen LogP contribution in [-0.4, -0.2) is 21.0 Å². The van der Waals surface area contributed by atoms with Crippen molar-refractivity contribution in [3.63, 3.8) is 0 Å². The van der Waals surface area contributed by atoms with Gasteiger partial charge in [-0.2, -0.15) is 5.10 Å². The lowest BCUT2D eigenvalue weighted by Crippen LogP contribution is -2.18. The van der Waals surface area contributed by atoms with Crippen LogP contribution in [0.5, 0.6) is 5.75 Å². The van der Waals surface area contributed by atoms with E-state index in [4.69, 9.17) is 28.6 Å². The van der Waals surface area contributed by atoms with Crippen molar-refractivity contribution in [2.75, 3.05) is 5.43 Å². The van der Waals surface area contributed by atoms with E-state index >= 15 is 0 Å². The Morgan fingerprint density at radius 1 is 1.45 bits per heavy atom. The van der Waals surface area contributed by atoms with Gasteiger partial charge < -0.3 is 10.2 Å². The number of halogens is 1. The number of ether oxygens (including phenoxy) is 1. The largest absolute Gasteiger partial charge is 0.491 e. The zero-order valence-corrected chi connectivity index (χ0v) is 14.6. The molecule has 2 N–H and O–H groups in total. The Morgan fingerprint density at radius 2 is 2.23 bits per heavy atom. The molecule has 0 unspecified atom stereocenters. The molecular formula is C15H21ClN4OS. The monoisotopic (exact) mass is 340 g/mol. The van der Waals surface area contributed by atoms with E-state index in [1.165, 1.54) is 0 Å². The minimum atomic E-state index is 0.103. The van der Waals surface area contributed by atoms with Crippen LogP contribution >= 0.6 is 23.8 Å². The van der Waals surface area contributed by atoms with E-state index in [-0.39, 0.29) is 6.10 Å². The summed E-state index contributed by atoms with van der Waals surface area (Å²) in [5.41, 5.74) is 4.26. The van der Waals surface area contributed by atoms with Crippen LogP contribution in [-0.2, 0) is 13.0 Å². The average Bonchev–Trinajstić information content (AvgIpc) is 2.80. The van der Waals surface area contributed by atoms with Gasteiger partial charge in [0.25, 0.3) is 0 Å². The molecule has 0 aliphatic heterocycles. The molecule has 0 spiro atoms. The Balaban J connectivity index is 2.19. The summed E-state index contributed by atoms with van der Waals surface area (Å²) in [6.07, 6.45) is 1.96. The summed E-state index contributed by atoms with van der Waals surface area (Å²) in [6.45, 7) is 6.65. The standard InChI is InChI=1S/C15H21ClN4OS/c1-4-5-14-18-19-15(22)20(14)17-9-11-8-12(16)6-7-13(11)21-10(2)3/h6-8,10,17H,4-5,9H2,1-3H3,(H,19,22). The van der Waals surface area contributed by atoms with Gasteiger partial charge in [0.2, 0.25) is 4.77 Å². The normalized spacial score (nSPS) is 11.0. The molecule has 22 heavy (non-hydrogen) atoms. The van der Waals surface area contributed by atoms with Crippen molar-refractivity contribution in [3.8, 4) is 5.75 Å². The van der Waals surface area contributed by atoms with Gasteiger partial charge in [-0.05, 0) is 50.7 Å². The molecule has 7 heteroatoms. The molecule has 120 valence electrons. The summed E-state index contributed by atoms with van der Waals surface area (Å²) in [4.78, 5) is 0. The molecule has 2 aromatic rings. The topological polar surface area (TPSA) is 54.9 Å². The SMILES string of the molecule is CCCc1n[nH]c(=S)n1NCc1cc(Cl)ccc1OC(C)C. The van der Waals surface area contributed by atoms with Crippen molar-refractivity contribution in [2.24, 2.45) is 0 Å². The highest BCUT2D eigenvalue weighted by atomic mass is 35.5. The Labute approximate surface area is 140 Å². The number of aromatic amines is 1. The maximum Gasteiger partial charge on any atom is 0.214 e. The molecule has 0 radical (unpaired) electrons. The Bertz CT molecular complexity index is 680. The van der Waals surface area contributed by atoms with E-state index < -0.39 is 0 Å². The summed E-state index contributed by atoms with van der Waals surface area (Å²) in [5, 5.41) is 7.72. The summed E-state index contributed by atoms with van der Waals surface area (Å²) >= 11 is 11.4. The van der Waals surface area contributed by atoms with Crippen molar-refractivity contribution in [2.45, 2.75) is 46.3 Å². The predicted molar refractivity (Wildman–Crippen MR) is 91.7 cm³/mol. The number of hydrogen-bond donors (Lipinski definition) is 2. The van der Waals surface area contributed by atoms with Gasteiger partial charge in [-0.25, -0.2) is 4.68 Å². The fourth-order valence-corrected chi connectivity index (χ4v) is 2.51. The van der Waals surface area contributed by atoms with Gasteiger partial charge in [0.1, 0.15) is 5.75 Å². The maximum atomic E-state index is 6.10. The zero-order valence-electron chi connectivity index (χ0n) is 13.0. The van der Waals surface area contributed by atoms with Crippen molar-refractivity contribution in [3.05, 3.63) is 39.4 Å².